The van der Waals surface area contributed by atoms with E-state index >= 15 is 0 Å². The molecule has 1 aromatic carbocycles. The Labute approximate surface area is 119 Å². The number of aryl methyl sites for hydroxylation is 1. The summed E-state index contributed by atoms with van der Waals surface area (Å²) in [4.78, 5) is 30.5. The minimum absolute atomic E-state index is 0.355. The monoisotopic (exact) mass is 294 g/mol. The second-order valence-electron chi connectivity index (χ2n) is 4.11. The van der Waals surface area contributed by atoms with Gasteiger partial charge in [-0.2, -0.15) is 0 Å². The molecule has 0 bridgehead atoms. The quantitative estimate of drug-likeness (QED) is 0.827. The Kier molecular flexibility index (Phi) is 5.48. The van der Waals surface area contributed by atoms with Gasteiger partial charge in [0.15, 0.2) is 6.61 Å². The molecular weight excluding hydrogens is 280 g/mol. The van der Waals surface area contributed by atoms with Crippen LogP contribution in [0.1, 0.15) is 12.5 Å². The molecular formula is C14H14O7. The highest BCUT2D eigenvalue weighted by molar-refractivity contribution is 5.81. The minimum atomic E-state index is -1.06. The molecule has 21 heavy (non-hydrogen) atoms. The maximum atomic E-state index is 11.2. The fraction of sp³-hybridized carbons (Fsp3) is 0.214. The van der Waals surface area contributed by atoms with Gasteiger partial charge in [0.2, 0.25) is 0 Å². The van der Waals surface area contributed by atoms with Gasteiger partial charge in [-0.05, 0) is 24.6 Å². The van der Waals surface area contributed by atoms with Gasteiger partial charge in [0.25, 0.3) is 5.97 Å². The predicted molar refractivity (Wildman–Crippen MR) is 73.7 cm³/mol. The van der Waals surface area contributed by atoms with E-state index in [2.05, 4.69) is 0 Å². The number of carbonyl (C=O) groups is 2. The molecule has 7 nitrogen and oxygen atoms in total. The van der Waals surface area contributed by atoms with Crippen molar-refractivity contribution in [3.05, 3.63) is 40.2 Å². The molecule has 1 heterocycles. The molecule has 0 unspecified atom stereocenters. The van der Waals surface area contributed by atoms with E-state index in [-0.39, 0.29) is 0 Å². The molecule has 0 spiro atoms. The van der Waals surface area contributed by atoms with Crippen LogP contribution in [0.4, 0.5) is 0 Å². The van der Waals surface area contributed by atoms with Crippen molar-refractivity contribution in [3.8, 4) is 5.75 Å². The summed E-state index contributed by atoms with van der Waals surface area (Å²) in [5.41, 5.74) is 0.754. The second kappa shape index (κ2) is 7.09. The van der Waals surface area contributed by atoms with E-state index in [1.165, 1.54) is 12.1 Å². The molecule has 0 amide bonds. The van der Waals surface area contributed by atoms with E-state index in [4.69, 9.17) is 24.2 Å². The number of fused-ring (bicyclic) bond motifs is 1. The highest BCUT2D eigenvalue weighted by Crippen LogP contribution is 2.21. The minimum Gasteiger partial charge on any atom is -0.482 e. The van der Waals surface area contributed by atoms with Crippen LogP contribution in [0.5, 0.6) is 5.75 Å². The summed E-state index contributed by atoms with van der Waals surface area (Å²) in [5.74, 6) is -1.54. The molecule has 2 rings (SSSR count). The van der Waals surface area contributed by atoms with Gasteiger partial charge in [-0.3, -0.25) is 4.79 Å². The first kappa shape index (κ1) is 16.2. The average Bonchev–Trinajstić information content (AvgIpc) is 2.34. The van der Waals surface area contributed by atoms with Crippen LogP contribution in [-0.4, -0.2) is 28.8 Å². The maximum absolute atomic E-state index is 11.2. The topological polar surface area (TPSA) is 114 Å². The van der Waals surface area contributed by atoms with E-state index in [1.54, 1.807) is 19.1 Å². The second-order valence-corrected chi connectivity index (χ2v) is 4.11. The van der Waals surface area contributed by atoms with Gasteiger partial charge >= 0.3 is 11.6 Å². The molecule has 112 valence electrons. The Balaban J connectivity index is 0.000000491. The molecule has 0 saturated heterocycles. The Morgan fingerprint density at radius 3 is 2.43 bits per heavy atom. The average molecular weight is 294 g/mol. The lowest BCUT2D eigenvalue weighted by atomic mass is 10.1. The van der Waals surface area contributed by atoms with Crippen LogP contribution in [0.15, 0.2) is 33.5 Å². The van der Waals surface area contributed by atoms with Gasteiger partial charge in [0.05, 0.1) is 0 Å². The third kappa shape index (κ3) is 5.35. The molecule has 0 fully saturated rings. The van der Waals surface area contributed by atoms with Gasteiger partial charge < -0.3 is 19.4 Å². The molecule has 0 radical (unpaired) electrons. The van der Waals surface area contributed by atoms with Crippen LogP contribution in [0.25, 0.3) is 11.0 Å². The van der Waals surface area contributed by atoms with Gasteiger partial charge in [0, 0.05) is 24.4 Å². The van der Waals surface area contributed by atoms with Crippen LogP contribution in [0.3, 0.4) is 0 Å². The lowest BCUT2D eigenvalue weighted by molar-refractivity contribution is -0.139. The van der Waals surface area contributed by atoms with E-state index in [0.717, 1.165) is 17.9 Å². The fourth-order valence-electron chi connectivity index (χ4n) is 1.54. The lowest BCUT2D eigenvalue weighted by Crippen LogP contribution is -2.09. The van der Waals surface area contributed by atoms with Crippen LogP contribution >= 0.6 is 0 Å². The van der Waals surface area contributed by atoms with Gasteiger partial charge in [-0.15, -0.1) is 0 Å². The Bertz CT molecular complexity index is 711. The van der Waals surface area contributed by atoms with Crippen molar-refractivity contribution in [1.82, 2.24) is 0 Å². The number of hydrogen-bond donors (Lipinski definition) is 2. The van der Waals surface area contributed by atoms with Crippen molar-refractivity contribution in [2.75, 3.05) is 6.61 Å². The van der Waals surface area contributed by atoms with Crippen molar-refractivity contribution in [2.24, 2.45) is 0 Å². The van der Waals surface area contributed by atoms with Crippen LogP contribution < -0.4 is 10.4 Å². The molecule has 2 aromatic rings. The smallest absolute Gasteiger partial charge is 0.341 e. The van der Waals surface area contributed by atoms with Crippen LogP contribution in [-0.2, 0) is 9.59 Å². The Morgan fingerprint density at radius 1 is 1.24 bits per heavy atom. The molecule has 0 aliphatic rings. The molecule has 7 heteroatoms. The normalized spacial score (nSPS) is 9.62. The van der Waals surface area contributed by atoms with Crippen molar-refractivity contribution in [3.63, 3.8) is 0 Å². The predicted octanol–water partition coefficient (Wildman–Crippen LogP) is 1.66. The third-order valence-corrected chi connectivity index (χ3v) is 2.29. The molecule has 0 aliphatic heterocycles. The standard InChI is InChI=1S/C12H10O5.C2H4O2/c1-7-4-12(15)17-10-5-8(2-3-9(7)10)16-6-11(13)14;1-2(3)4/h2-5H,6H2,1H3,(H,13,14);1H3,(H,3,4). The highest BCUT2D eigenvalue weighted by Gasteiger charge is 2.05. The number of ether oxygens (including phenoxy) is 1. The molecule has 0 aliphatic carbocycles. The Morgan fingerprint density at radius 2 is 1.86 bits per heavy atom. The fourth-order valence-corrected chi connectivity index (χ4v) is 1.54. The summed E-state index contributed by atoms with van der Waals surface area (Å²) < 4.78 is 10.0. The number of carboxylic acids is 2. The van der Waals surface area contributed by atoms with Gasteiger partial charge in [-0.1, -0.05) is 0 Å². The SMILES string of the molecule is CC(=O)O.Cc1cc(=O)oc2cc(OCC(=O)O)ccc12. The zero-order valence-corrected chi connectivity index (χ0v) is 11.5. The van der Waals surface area contributed by atoms with Crippen molar-refractivity contribution < 1.29 is 29.0 Å². The first-order valence-corrected chi connectivity index (χ1v) is 5.88. The zero-order chi connectivity index (χ0) is 16.0. The number of benzene rings is 1. The van der Waals surface area contributed by atoms with E-state index in [1.807, 2.05) is 0 Å². The number of carboxylic acid groups (broad SMARTS) is 2. The number of rotatable bonds is 3. The zero-order valence-electron chi connectivity index (χ0n) is 11.5. The first-order chi connectivity index (χ1) is 9.79. The summed E-state index contributed by atoms with van der Waals surface area (Å²) in [6, 6.07) is 6.27. The maximum Gasteiger partial charge on any atom is 0.341 e. The molecule has 0 saturated carbocycles. The van der Waals surface area contributed by atoms with Gasteiger partial charge in [0.1, 0.15) is 11.3 Å². The number of hydrogen-bond acceptors (Lipinski definition) is 5. The van der Waals surface area contributed by atoms with Crippen LogP contribution in [0, 0.1) is 6.92 Å². The van der Waals surface area contributed by atoms with Crippen molar-refractivity contribution >= 4 is 22.9 Å². The summed E-state index contributed by atoms with van der Waals surface area (Å²) in [6.45, 7) is 2.46. The van der Waals surface area contributed by atoms with E-state index < -0.39 is 24.2 Å². The largest absolute Gasteiger partial charge is 0.482 e. The molecule has 2 N–H and O–H groups in total. The third-order valence-electron chi connectivity index (χ3n) is 2.29. The van der Waals surface area contributed by atoms with Crippen molar-refractivity contribution in [2.45, 2.75) is 13.8 Å². The summed E-state index contributed by atoms with van der Waals surface area (Å²) in [5, 5.41) is 16.7. The molecule has 0 atom stereocenters. The summed E-state index contributed by atoms with van der Waals surface area (Å²) >= 11 is 0. The lowest BCUT2D eigenvalue weighted by Gasteiger charge is -2.05. The molecule has 1 aromatic heterocycles. The Hall–Kier alpha value is -2.83. The summed E-state index contributed by atoms with van der Waals surface area (Å²) in [6.07, 6.45) is 0. The first-order valence-electron chi connectivity index (χ1n) is 5.88. The van der Waals surface area contributed by atoms with Crippen LogP contribution in [0.2, 0.25) is 0 Å². The van der Waals surface area contributed by atoms with Gasteiger partial charge in [-0.25, -0.2) is 9.59 Å². The van der Waals surface area contributed by atoms with Crippen molar-refractivity contribution in [1.29, 1.82) is 0 Å². The highest BCUT2D eigenvalue weighted by atomic mass is 16.5. The number of aliphatic carboxylic acids is 2. The van der Waals surface area contributed by atoms with E-state index in [0.29, 0.717) is 11.3 Å². The van der Waals surface area contributed by atoms with E-state index in [9.17, 15) is 9.59 Å². The summed E-state index contributed by atoms with van der Waals surface area (Å²) in [7, 11) is 0.